The van der Waals surface area contributed by atoms with E-state index in [1.54, 1.807) is 47.4 Å². The van der Waals surface area contributed by atoms with Gasteiger partial charge in [0.1, 0.15) is 5.75 Å². The first kappa shape index (κ1) is 19.0. The third-order valence-corrected chi connectivity index (χ3v) is 5.14. The summed E-state index contributed by atoms with van der Waals surface area (Å²) >= 11 is 0. The number of hydrogen-bond acceptors (Lipinski definition) is 4. The highest BCUT2D eigenvalue weighted by atomic mass is 16.5. The van der Waals surface area contributed by atoms with E-state index in [9.17, 15) is 14.4 Å². The van der Waals surface area contributed by atoms with E-state index in [4.69, 9.17) is 4.74 Å². The largest absolute Gasteiger partial charge is 0.494 e. The van der Waals surface area contributed by atoms with E-state index >= 15 is 0 Å². The van der Waals surface area contributed by atoms with Crippen LogP contribution in [0.4, 0.5) is 17.1 Å². The van der Waals surface area contributed by atoms with Crippen molar-refractivity contribution in [3.8, 4) is 5.75 Å². The maximum absolute atomic E-state index is 12.7. The summed E-state index contributed by atoms with van der Waals surface area (Å²) in [4.78, 5) is 38.3. The Morgan fingerprint density at radius 3 is 2.55 bits per heavy atom. The number of ether oxygens (including phenoxy) is 1. The highest BCUT2D eigenvalue weighted by Gasteiger charge is 2.29. The first-order chi connectivity index (χ1) is 14.0. The van der Waals surface area contributed by atoms with E-state index in [0.717, 1.165) is 19.3 Å². The lowest BCUT2D eigenvalue weighted by Gasteiger charge is -2.19. The average molecular weight is 393 g/mol. The molecule has 0 unspecified atom stereocenters. The molecule has 1 heterocycles. The molecule has 0 bridgehead atoms. The lowest BCUT2D eigenvalue weighted by atomic mass is 10.1. The summed E-state index contributed by atoms with van der Waals surface area (Å²) < 4.78 is 5.43. The molecule has 150 valence electrons. The van der Waals surface area contributed by atoms with E-state index in [-0.39, 0.29) is 23.6 Å². The van der Waals surface area contributed by atoms with Gasteiger partial charge in [0, 0.05) is 41.9 Å². The van der Waals surface area contributed by atoms with Gasteiger partial charge in [-0.25, -0.2) is 0 Å². The molecule has 0 atom stereocenters. The predicted molar refractivity (Wildman–Crippen MR) is 110 cm³/mol. The van der Waals surface area contributed by atoms with Crippen LogP contribution in [0.5, 0.6) is 5.75 Å². The van der Waals surface area contributed by atoms with Crippen LogP contribution in [0.3, 0.4) is 0 Å². The van der Waals surface area contributed by atoms with Crippen molar-refractivity contribution >= 4 is 34.8 Å². The van der Waals surface area contributed by atoms with Crippen LogP contribution in [0.15, 0.2) is 42.5 Å². The van der Waals surface area contributed by atoms with Crippen molar-refractivity contribution in [2.24, 2.45) is 5.92 Å². The summed E-state index contributed by atoms with van der Waals surface area (Å²) in [6.45, 7) is 0.667. The standard InChI is InChI=1S/C22H23N3O4/c1-29-19-13-17(9-10-18(19)25-11-3-6-20(25)26)24-22(28)15-4-2-5-16(12-15)23-21(27)14-7-8-14/h2,4-5,9-10,12-14H,3,6-8,11H2,1H3,(H,23,27)(H,24,28). The SMILES string of the molecule is COc1cc(NC(=O)c2cccc(NC(=O)C3CC3)c2)ccc1N1CCCC1=O. The maximum Gasteiger partial charge on any atom is 0.255 e. The van der Waals surface area contributed by atoms with Gasteiger partial charge in [-0.1, -0.05) is 6.07 Å². The number of nitrogens with zero attached hydrogens (tertiary/aromatic N) is 1. The molecule has 1 aliphatic heterocycles. The van der Waals surface area contributed by atoms with E-state index in [2.05, 4.69) is 10.6 Å². The highest BCUT2D eigenvalue weighted by molar-refractivity contribution is 6.06. The van der Waals surface area contributed by atoms with Crippen molar-refractivity contribution in [3.63, 3.8) is 0 Å². The maximum atomic E-state index is 12.7. The van der Waals surface area contributed by atoms with Gasteiger partial charge in [0.05, 0.1) is 12.8 Å². The summed E-state index contributed by atoms with van der Waals surface area (Å²) in [7, 11) is 1.54. The van der Waals surface area contributed by atoms with Crippen molar-refractivity contribution in [2.75, 3.05) is 29.2 Å². The van der Waals surface area contributed by atoms with Crippen LogP contribution in [-0.2, 0) is 9.59 Å². The van der Waals surface area contributed by atoms with Crippen LogP contribution in [0.25, 0.3) is 0 Å². The van der Waals surface area contributed by atoms with Crippen LogP contribution in [0.2, 0.25) is 0 Å². The summed E-state index contributed by atoms with van der Waals surface area (Å²) in [6.07, 6.45) is 3.21. The van der Waals surface area contributed by atoms with Gasteiger partial charge in [-0.3, -0.25) is 14.4 Å². The van der Waals surface area contributed by atoms with Crippen LogP contribution in [0.1, 0.15) is 36.0 Å². The molecular weight excluding hydrogens is 370 g/mol. The molecule has 4 rings (SSSR count). The number of rotatable bonds is 6. The number of nitrogens with one attached hydrogen (secondary N) is 2. The van der Waals surface area contributed by atoms with Gasteiger partial charge < -0.3 is 20.3 Å². The first-order valence-corrected chi connectivity index (χ1v) is 9.76. The molecular formula is C22H23N3O4. The lowest BCUT2D eigenvalue weighted by molar-refractivity contribution is -0.118. The van der Waals surface area contributed by atoms with Gasteiger partial charge in [0.2, 0.25) is 11.8 Å². The molecule has 2 N–H and O–H groups in total. The molecule has 1 saturated carbocycles. The lowest BCUT2D eigenvalue weighted by Crippen LogP contribution is -2.24. The Morgan fingerprint density at radius 2 is 1.86 bits per heavy atom. The summed E-state index contributed by atoms with van der Waals surface area (Å²) in [5, 5.41) is 5.69. The molecule has 2 fully saturated rings. The number of carbonyl (C=O) groups excluding carboxylic acids is 3. The fourth-order valence-corrected chi connectivity index (χ4v) is 3.41. The normalized spacial score (nSPS) is 15.9. The summed E-state index contributed by atoms with van der Waals surface area (Å²) in [5.41, 5.74) is 2.32. The number of hydrogen-bond donors (Lipinski definition) is 2. The van der Waals surface area contributed by atoms with E-state index in [1.807, 2.05) is 0 Å². The van der Waals surface area contributed by atoms with Crippen LogP contribution >= 0.6 is 0 Å². The quantitative estimate of drug-likeness (QED) is 0.787. The Bertz CT molecular complexity index is 968. The van der Waals surface area contributed by atoms with Crippen molar-refractivity contribution in [1.29, 1.82) is 0 Å². The van der Waals surface area contributed by atoms with Gasteiger partial charge in [0.15, 0.2) is 0 Å². The summed E-state index contributed by atoms with van der Waals surface area (Å²) in [6, 6.07) is 12.1. The molecule has 0 aromatic heterocycles. The molecule has 29 heavy (non-hydrogen) atoms. The van der Waals surface area contributed by atoms with E-state index in [0.29, 0.717) is 41.3 Å². The molecule has 1 aliphatic carbocycles. The average Bonchev–Trinajstić information content (AvgIpc) is 3.50. The second-order valence-electron chi connectivity index (χ2n) is 7.33. The minimum Gasteiger partial charge on any atom is -0.494 e. The van der Waals surface area contributed by atoms with Crippen LogP contribution in [0, 0.1) is 5.92 Å². The Labute approximate surface area is 169 Å². The van der Waals surface area contributed by atoms with E-state index < -0.39 is 0 Å². The number of methoxy groups -OCH3 is 1. The monoisotopic (exact) mass is 393 g/mol. The second-order valence-corrected chi connectivity index (χ2v) is 7.33. The molecule has 0 radical (unpaired) electrons. The van der Waals surface area contributed by atoms with Crippen molar-refractivity contribution in [1.82, 2.24) is 0 Å². The zero-order chi connectivity index (χ0) is 20.4. The Hall–Kier alpha value is -3.35. The van der Waals surface area contributed by atoms with Gasteiger partial charge >= 0.3 is 0 Å². The third kappa shape index (κ3) is 4.23. The molecule has 2 aromatic carbocycles. The number of benzene rings is 2. The molecule has 2 aliphatic rings. The minimum atomic E-state index is -0.292. The Balaban J connectivity index is 1.48. The number of amides is 3. The van der Waals surface area contributed by atoms with Gasteiger partial charge in [-0.15, -0.1) is 0 Å². The van der Waals surface area contributed by atoms with Crippen molar-refractivity contribution < 1.29 is 19.1 Å². The molecule has 7 nitrogen and oxygen atoms in total. The topological polar surface area (TPSA) is 87.7 Å². The van der Waals surface area contributed by atoms with Gasteiger partial charge in [-0.05, 0) is 49.6 Å². The smallest absolute Gasteiger partial charge is 0.255 e. The van der Waals surface area contributed by atoms with Crippen LogP contribution < -0.4 is 20.3 Å². The zero-order valence-electron chi connectivity index (χ0n) is 16.2. The Morgan fingerprint density at radius 1 is 1.07 bits per heavy atom. The van der Waals surface area contributed by atoms with Gasteiger partial charge in [0.25, 0.3) is 5.91 Å². The molecule has 3 amide bonds. The summed E-state index contributed by atoms with van der Waals surface area (Å²) in [5.74, 6) is 0.411. The number of carbonyl (C=O) groups is 3. The highest BCUT2D eigenvalue weighted by Crippen LogP contribution is 2.34. The second kappa shape index (κ2) is 7.95. The fraction of sp³-hybridized carbons (Fsp3) is 0.318. The molecule has 7 heteroatoms. The van der Waals surface area contributed by atoms with Crippen molar-refractivity contribution in [2.45, 2.75) is 25.7 Å². The molecule has 0 spiro atoms. The first-order valence-electron chi connectivity index (χ1n) is 9.76. The Kier molecular flexibility index (Phi) is 5.20. The van der Waals surface area contributed by atoms with Crippen molar-refractivity contribution in [3.05, 3.63) is 48.0 Å². The van der Waals surface area contributed by atoms with Gasteiger partial charge in [-0.2, -0.15) is 0 Å². The zero-order valence-corrected chi connectivity index (χ0v) is 16.2. The number of anilines is 3. The van der Waals surface area contributed by atoms with Crippen LogP contribution in [-0.4, -0.2) is 31.4 Å². The molecule has 1 saturated heterocycles. The minimum absolute atomic E-state index is 0.000608. The fourth-order valence-electron chi connectivity index (χ4n) is 3.41. The molecule has 2 aromatic rings. The third-order valence-electron chi connectivity index (χ3n) is 5.14. The predicted octanol–water partition coefficient (Wildman–Crippen LogP) is 3.42. The van der Waals surface area contributed by atoms with E-state index in [1.165, 1.54) is 7.11 Å².